The van der Waals surface area contributed by atoms with Gasteiger partial charge in [0.15, 0.2) is 0 Å². The van der Waals surface area contributed by atoms with E-state index in [2.05, 4.69) is 10.2 Å². The monoisotopic (exact) mass is 238 g/mol. The summed E-state index contributed by atoms with van der Waals surface area (Å²) in [7, 11) is 0. The van der Waals surface area contributed by atoms with Crippen LogP contribution >= 0.6 is 11.6 Å². The topological polar surface area (TPSA) is 45.8 Å². The second-order valence-electron chi connectivity index (χ2n) is 3.32. The number of aromatic nitrogens is 2. The van der Waals surface area contributed by atoms with Gasteiger partial charge in [-0.15, -0.1) is 0 Å². The number of rotatable bonds is 2. The molecule has 82 valence electrons. The molecule has 0 spiro atoms. The highest BCUT2D eigenvalue weighted by Crippen LogP contribution is 2.16. The number of halogens is 2. The first-order valence-corrected chi connectivity index (χ1v) is 5.01. The molecule has 2 rings (SSSR count). The van der Waals surface area contributed by atoms with Crippen LogP contribution in [0.5, 0.6) is 0 Å². The normalized spacial score (nSPS) is 10.4. The number of nitrogens with one attached hydrogen (secondary N) is 1. The van der Waals surface area contributed by atoms with Crippen LogP contribution in [0.25, 0.3) is 0 Å². The molecule has 0 aliphatic heterocycles. The molecule has 1 aromatic heterocycles. The summed E-state index contributed by atoms with van der Waals surface area (Å²) in [6.07, 6.45) is 1.69. The van der Waals surface area contributed by atoms with Crippen molar-refractivity contribution < 1.29 is 4.39 Å². The van der Waals surface area contributed by atoms with Gasteiger partial charge < -0.3 is 0 Å². The minimum Gasteiger partial charge on any atom is -0.268 e. The lowest BCUT2D eigenvalue weighted by atomic mass is 10.1. The molecule has 0 atom stereocenters. The summed E-state index contributed by atoms with van der Waals surface area (Å²) in [5, 5.41) is 6.21. The standard InChI is InChI=1S/C11H8ClFN2O/c12-9-2-1-7(10(13)6-9)5-8-3-4-14-15-11(8)16/h1-4,6H,5H2,(H,15,16). The van der Waals surface area contributed by atoms with Gasteiger partial charge in [-0.1, -0.05) is 17.7 Å². The van der Waals surface area contributed by atoms with Gasteiger partial charge in [-0.05, 0) is 23.8 Å². The van der Waals surface area contributed by atoms with Crippen molar-refractivity contribution in [3.05, 3.63) is 62.8 Å². The summed E-state index contributed by atoms with van der Waals surface area (Å²) >= 11 is 5.63. The molecule has 16 heavy (non-hydrogen) atoms. The molecule has 0 fully saturated rings. The van der Waals surface area contributed by atoms with E-state index >= 15 is 0 Å². The van der Waals surface area contributed by atoms with E-state index in [-0.39, 0.29) is 12.0 Å². The molecule has 0 bridgehead atoms. The van der Waals surface area contributed by atoms with Crippen molar-refractivity contribution in [1.82, 2.24) is 10.2 Å². The first kappa shape index (κ1) is 10.8. The van der Waals surface area contributed by atoms with Crippen LogP contribution in [0.1, 0.15) is 11.1 Å². The van der Waals surface area contributed by atoms with Gasteiger partial charge in [0.1, 0.15) is 5.82 Å². The highest BCUT2D eigenvalue weighted by molar-refractivity contribution is 6.30. The van der Waals surface area contributed by atoms with Crippen molar-refractivity contribution in [3.63, 3.8) is 0 Å². The third-order valence-electron chi connectivity index (χ3n) is 2.20. The number of aromatic amines is 1. The number of H-pyrrole nitrogens is 1. The average Bonchev–Trinajstić information content (AvgIpc) is 2.25. The second-order valence-corrected chi connectivity index (χ2v) is 3.76. The third-order valence-corrected chi connectivity index (χ3v) is 2.44. The quantitative estimate of drug-likeness (QED) is 0.872. The molecule has 0 amide bonds. The summed E-state index contributed by atoms with van der Waals surface area (Å²) in [6, 6.07) is 5.95. The van der Waals surface area contributed by atoms with Crippen LogP contribution in [0.2, 0.25) is 5.02 Å². The van der Waals surface area contributed by atoms with Crippen molar-refractivity contribution in [3.8, 4) is 0 Å². The number of hydrogen-bond donors (Lipinski definition) is 1. The minimum atomic E-state index is -0.413. The molecular formula is C11H8ClFN2O. The van der Waals surface area contributed by atoms with Gasteiger partial charge in [0.05, 0.1) is 0 Å². The van der Waals surface area contributed by atoms with Crippen LogP contribution in [0.15, 0.2) is 35.3 Å². The zero-order chi connectivity index (χ0) is 11.5. The maximum absolute atomic E-state index is 13.5. The molecule has 0 unspecified atom stereocenters. The lowest BCUT2D eigenvalue weighted by molar-refractivity contribution is 0.613. The smallest absolute Gasteiger partial charge is 0.267 e. The van der Waals surface area contributed by atoms with Gasteiger partial charge in [0.2, 0.25) is 0 Å². The van der Waals surface area contributed by atoms with Crippen molar-refractivity contribution in [1.29, 1.82) is 0 Å². The Kier molecular flexibility index (Phi) is 3.01. The molecule has 0 saturated heterocycles. The van der Waals surface area contributed by atoms with Crippen molar-refractivity contribution in [2.45, 2.75) is 6.42 Å². The number of nitrogens with zero attached hydrogens (tertiary/aromatic N) is 1. The first-order valence-electron chi connectivity index (χ1n) is 4.63. The van der Waals surface area contributed by atoms with Crippen LogP contribution in [0.3, 0.4) is 0 Å². The van der Waals surface area contributed by atoms with Crippen molar-refractivity contribution in [2.24, 2.45) is 0 Å². The highest BCUT2D eigenvalue weighted by Gasteiger charge is 2.06. The van der Waals surface area contributed by atoms with Crippen molar-refractivity contribution >= 4 is 11.6 Å². The number of benzene rings is 1. The minimum absolute atomic E-state index is 0.223. The van der Waals surface area contributed by atoms with E-state index in [1.165, 1.54) is 12.3 Å². The van der Waals surface area contributed by atoms with E-state index in [9.17, 15) is 9.18 Å². The van der Waals surface area contributed by atoms with Crippen LogP contribution in [-0.2, 0) is 6.42 Å². The molecule has 0 aliphatic carbocycles. The molecule has 2 aromatic rings. The maximum Gasteiger partial charge on any atom is 0.267 e. The van der Waals surface area contributed by atoms with Gasteiger partial charge in [-0.3, -0.25) is 4.79 Å². The summed E-state index contributed by atoms with van der Waals surface area (Å²) in [6.45, 7) is 0. The zero-order valence-electron chi connectivity index (χ0n) is 8.21. The van der Waals surface area contributed by atoms with E-state index in [0.717, 1.165) is 0 Å². The molecule has 1 heterocycles. The second kappa shape index (κ2) is 4.45. The zero-order valence-corrected chi connectivity index (χ0v) is 8.96. The Morgan fingerprint density at radius 1 is 1.31 bits per heavy atom. The Hall–Kier alpha value is -1.68. The number of hydrogen-bond acceptors (Lipinski definition) is 2. The van der Waals surface area contributed by atoms with E-state index < -0.39 is 5.82 Å². The van der Waals surface area contributed by atoms with Crippen LogP contribution in [-0.4, -0.2) is 10.2 Å². The molecule has 0 aliphatic rings. The Bertz CT molecular complexity index is 568. The molecule has 1 aromatic carbocycles. The van der Waals surface area contributed by atoms with E-state index in [1.807, 2.05) is 0 Å². The lowest BCUT2D eigenvalue weighted by Gasteiger charge is -2.02. The molecule has 5 heteroatoms. The van der Waals surface area contributed by atoms with E-state index in [1.54, 1.807) is 18.2 Å². The van der Waals surface area contributed by atoms with E-state index in [4.69, 9.17) is 11.6 Å². The largest absolute Gasteiger partial charge is 0.268 e. The van der Waals surface area contributed by atoms with E-state index in [0.29, 0.717) is 16.1 Å². The van der Waals surface area contributed by atoms with Crippen molar-refractivity contribution in [2.75, 3.05) is 0 Å². The first-order chi connectivity index (χ1) is 7.66. The van der Waals surface area contributed by atoms with Gasteiger partial charge in [0, 0.05) is 23.2 Å². The lowest BCUT2D eigenvalue weighted by Crippen LogP contribution is -2.13. The Morgan fingerprint density at radius 2 is 2.12 bits per heavy atom. The fourth-order valence-electron chi connectivity index (χ4n) is 1.38. The molecule has 1 N–H and O–H groups in total. The van der Waals surface area contributed by atoms with Crippen LogP contribution < -0.4 is 5.56 Å². The predicted octanol–water partition coefficient (Wildman–Crippen LogP) is 2.15. The maximum atomic E-state index is 13.5. The molecule has 0 radical (unpaired) electrons. The fraction of sp³-hybridized carbons (Fsp3) is 0.0909. The molecule has 0 saturated carbocycles. The predicted molar refractivity (Wildman–Crippen MR) is 59.1 cm³/mol. The van der Waals surface area contributed by atoms with Gasteiger partial charge in [-0.25, -0.2) is 9.49 Å². The van der Waals surface area contributed by atoms with Gasteiger partial charge in [-0.2, -0.15) is 5.10 Å². The average molecular weight is 239 g/mol. The fourth-order valence-corrected chi connectivity index (χ4v) is 1.54. The summed E-state index contributed by atoms with van der Waals surface area (Å²) in [5.41, 5.74) is 0.592. The molecular weight excluding hydrogens is 231 g/mol. The Balaban J connectivity index is 2.35. The summed E-state index contributed by atoms with van der Waals surface area (Å²) in [4.78, 5) is 11.3. The summed E-state index contributed by atoms with van der Waals surface area (Å²) in [5.74, 6) is -0.413. The van der Waals surface area contributed by atoms with Crippen LogP contribution in [0, 0.1) is 5.82 Å². The SMILES string of the molecule is O=c1[nH]nccc1Cc1ccc(Cl)cc1F. The third kappa shape index (κ3) is 2.28. The van der Waals surface area contributed by atoms with Gasteiger partial charge in [0.25, 0.3) is 5.56 Å². The summed E-state index contributed by atoms with van der Waals surface area (Å²) < 4.78 is 13.5. The Labute approximate surface area is 95.9 Å². The Morgan fingerprint density at radius 3 is 2.81 bits per heavy atom. The highest BCUT2D eigenvalue weighted by atomic mass is 35.5. The van der Waals surface area contributed by atoms with Crippen LogP contribution in [0.4, 0.5) is 4.39 Å². The van der Waals surface area contributed by atoms with Gasteiger partial charge >= 0.3 is 0 Å². The molecule has 3 nitrogen and oxygen atoms in total.